The van der Waals surface area contributed by atoms with Crippen LogP contribution in [0.2, 0.25) is 0 Å². The molecule has 0 aliphatic carbocycles. The van der Waals surface area contributed by atoms with E-state index in [9.17, 15) is 4.79 Å². The van der Waals surface area contributed by atoms with Crippen LogP contribution in [0.4, 0.5) is 5.69 Å². The lowest BCUT2D eigenvalue weighted by Gasteiger charge is -2.11. The van der Waals surface area contributed by atoms with Crippen molar-refractivity contribution in [2.45, 2.75) is 11.9 Å². The molecule has 0 aliphatic rings. The second-order valence-corrected chi connectivity index (χ2v) is 9.29. The van der Waals surface area contributed by atoms with Crippen molar-refractivity contribution in [3.8, 4) is 38.4 Å². The van der Waals surface area contributed by atoms with Gasteiger partial charge in [0.2, 0.25) is 5.91 Å². The highest BCUT2D eigenvalue weighted by molar-refractivity contribution is 7.99. The van der Waals surface area contributed by atoms with Crippen LogP contribution in [0.5, 0.6) is 17.2 Å². The van der Waals surface area contributed by atoms with Gasteiger partial charge >= 0.3 is 0 Å². The van der Waals surface area contributed by atoms with Gasteiger partial charge in [0.05, 0.1) is 48.9 Å². The van der Waals surface area contributed by atoms with Gasteiger partial charge in [-0.25, -0.2) is 4.98 Å². The van der Waals surface area contributed by atoms with Crippen molar-refractivity contribution in [3.05, 3.63) is 60.3 Å². The molecule has 0 aliphatic heterocycles. The molecule has 0 unspecified atom stereocenters. The Morgan fingerprint density at radius 3 is 2.49 bits per heavy atom. The monoisotopic (exact) mass is 508 g/mol. The first-order chi connectivity index (χ1) is 17.0. The van der Waals surface area contributed by atoms with E-state index in [0.29, 0.717) is 22.2 Å². The highest BCUT2D eigenvalue weighted by atomic mass is 32.2. The molecule has 10 heteroatoms. The second kappa shape index (κ2) is 11.2. The van der Waals surface area contributed by atoms with Crippen molar-refractivity contribution in [3.63, 3.8) is 0 Å². The Bertz CT molecular complexity index is 1330. The van der Waals surface area contributed by atoms with E-state index in [1.165, 1.54) is 11.8 Å². The molecule has 35 heavy (non-hydrogen) atoms. The minimum absolute atomic E-state index is 0.177. The third kappa shape index (κ3) is 5.72. The molecule has 8 nitrogen and oxygen atoms in total. The standard InChI is InChI=1S/C25H24N4O4S2/c1-15-24(35-25(26-15)17-7-5-6-8-20(17)32-3)19-11-12-23(29-28-19)34-14-22(30)27-18-10-9-16(31-2)13-21(18)33-4/h5-13H,14H2,1-4H3,(H,27,30). The molecule has 0 radical (unpaired) electrons. The number of hydrogen-bond acceptors (Lipinski definition) is 9. The van der Waals surface area contributed by atoms with Crippen LogP contribution >= 0.6 is 23.1 Å². The first-order valence-corrected chi connectivity index (χ1v) is 12.4. The van der Waals surface area contributed by atoms with Gasteiger partial charge < -0.3 is 19.5 Å². The fraction of sp³-hybridized carbons (Fsp3) is 0.200. The average molecular weight is 509 g/mol. The predicted octanol–water partition coefficient (Wildman–Crippen LogP) is 5.33. The number of carbonyl (C=O) groups is 1. The number of methoxy groups -OCH3 is 3. The lowest BCUT2D eigenvalue weighted by atomic mass is 10.2. The molecule has 0 saturated carbocycles. The van der Waals surface area contributed by atoms with Gasteiger partial charge in [0, 0.05) is 6.07 Å². The van der Waals surface area contributed by atoms with Crippen molar-refractivity contribution in [1.29, 1.82) is 0 Å². The zero-order valence-electron chi connectivity index (χ0n) is 19.7. The minimum atomic E-state index is -0.177. The molecule has 2 aromatic carbocycles. The maximum absolute atomic E-state index is 12.4. The summed E-state index contributed by atoms with van der Waals surface area (Å²) in [5, 5.41) is 13.0. The van der Waals surface area contributed by atoms with E-state index in [0.717, 1.165) is 32.6 Å². The molecule has 4 aromatic rings. The number of carbonyl (C=O) groups excluding carboxylic acids is 1. The number of aryl methyl sites for hydroxylation is 1. The number of aromatic nitrogens is 3. The van der Waals surface area contributed by atoms with Gasteiger partial charge in [-0.1, -0.05) is 23.9 Å². The largest absolute Gasteiger partial charge is 0.497 e. The van der Waals surface area contributed by atoms with Gasteiger partial charge in [-0.3, -0.25) is 4.79 Å². The summed E-state index contributed by atoms with van der Waals surface area (Å²) in [7, 11) is 4.77. The third-order valence-electron chi connectivity index (χ3n) is 5.04. The number of nitrogens with one attached hydrogen (secondary N) is 1. The Kier molecular flexibility index (Phi) is 7.84. The fourth-order valence-electron chi connectivity index (χ4n) is 3.32. The first-order valence-electron chi connectivity index (χ1n) is 10.6. The first kappa shape index (κ1) is 24.5. The molecule has 0 fully saturated rings. The van der Waals surface area contributed by atoms with Crippen LogP contribution < -0.4 is 19.5 Å². The molecule has 1 N–H and O–H groups in total. The molecule has 0 spiro atoms. The molecule has 0 atom stereocenters. The number of rotatable bonds is 9. The van der Waals surface area contributed by atoms with E-state index in [4.69, 9.17) is 19.2 Å². The SMILES string of the molecule is COc1ccc(NC(=O)CSc2ccc(-c3sc(-c4ccccc4OC)nc3C)nn2)c(OC)c1. The van der Waals surface area contributed by atoms with Crippen LogP contribution in [-0.4, -0.2) is 48.2 Å². The summed E-state index contributed by atoms with van der Waals surface area (Å²) >= 11 is 2.85. The molecule has 180 valence electrons. The van der Waals surface area contributed by atoms with Crippen molar-refractivity contribution in [1.82, 2.24) is 15.2 Å². The number of nitrogens with zero attached hydrogens (tertiary/aromatic N) is 3. The second-order valence-electron chi connectivity index (χ2n) is 7.29. The number of hydrogen-bond donors (Lipinski definition) is 1. The van der Waals surface area contributed by atoms with E-state index in [-0.39, 0.29) is 11.7 Å². The topological polar surface area (TPSA) is 95.5 Å². The highest BCUT2D eigenvalue weighted by Crippen LogP contribution is 2.38. The van der Waals surface area contributed by atoms with Crippen LogP contribution in [-0.2, 0) is 4.79 Å². The maximum atomic E-state index is 12.4. The Morgan fingerprint density at radius 2 is 1.77 bits per heavy atom. The smallest absolute Gasteiger partial charge is 0.234 e. The third-order valence-corrected chi connectivity index (χ3v) is 7.17. The van der Waals surface area contributed by atoms with Crippen LogP contribution in [0.1, 0.15) is 5.69 Å². The van der Waals surface area contributed by atoms with Crippen molar-refractivity contribution in [2.24, 2.45) is 0 Å². The van der Waals surface area contributed by atoms with E-state index in [1.807, 2.05) is 43.3 Å². The zero-order valence-corrected chi connectivity index (χ0v) is 21.3. The van der Waals surface area contributed by atoms with Gasteiger partial charge in [-0.05, 0) is 43.3 Å². The minimum Gasteiger partial charge on any atom is -0.497 e. The number of ether oxygens (including phenoxy) is 3. The molecular weight excluding hydrogens is 484 g/mol. The number of thioether (sulfide) groups is 1. The molecule has 0 bridgehead atoms. The summed E-state index contributed by atoms with van der Waals surface area (Å²) in [6.45, 7) is 1.95. The van der Waals surface area contributed by atoms with Crippen molar-refractivity contribution in [2.75, 3.05) is 32.4 Å². The van der Waals surface area contributed by atoms with Crippen LogP contribution in [0, 0.1) is 6.92 Å². The summed E-state index contributed by atoms with van der Waals surface area (Å²) in [4.78, 5) is 18.1. The fourth-order valence-corrected chi connectivity index (χ4v) is 4.99. The van der Waals surface area contributed by atoms with Crippen molar-refractivity contribution < 1.29 is 19.0 Å². The normalized spacial score (nSPS) is 10.6. The molecule has 2 aromatic heterocycles. The molecule has 0 saturated heterocycles. The lowest BCUT2D eigenvalue weighted by Crippen LogP contribution is -2.14. The Morgan fingerprint density at radius 1 is 0.971 bits per heavy atom. The summed E-state index contributed by atoms with van der Waals surface area (Å²) in [5.74, 6) is 1.95. The number of benzene rings is 2. The molecule has 1 amide bonds. The summed E-state index contributed by atoms with van der Waals surface area (Å²) in [6, 6.07) is 16.8. The summed E-state index contributed by atoms with van der Waals surface area (Å²) in [6.07, 6.45) is 0. The van der Waals surface area contributed by atoms with Crippen LogP contribution in [0.3, 0.4) is 0 Å². The van der Waals surface area contributed by atoms with Crippen LogP contribution in [0.15, 0.2) is 59.6 Å². The molecule has 4 rings (SSSR count). The van der Waals surface area contributed by atoms with Gasteiger partial charge in [0.1, 0.15) is 33.0 Å². The summed E-state index contributed by atoms with van der Waals surface area (Å²) in [5.41, 5.74) is 3.12. The zero-order chi connectivity index (χ0) is 24.8. The highest BCUT2D eigenvalue weighted by Gasteiger charge is 2.16. The average Bonchev–Trinajstić information content (AvgIpc) is 3.29. The quantitative estimate of drug-likeness (QED) is 0.303. The van der Waals surface area contributed by atoms with Crippen molar-refractivity contribution >= 4 is 34.7 Å². The Balaban J connectivity index is 1.41. The van der Waals surface area contributed by atoms with E-state index in [2.05, 4.69) is 15.5 Å². The lowest BCUT2D eigenvalue weighted by molar-refractivity contribution is -0.113. The van der Waals surface area contributed by atoms with E-state index in [1.54, 1.807) is 50.9 Å². The van der Waals surface area contributed by atoms with Gasteiger partial charge in [0.25, 0.3) is 0 Å². The Hall–Kier alpha value is -3.63. The maximum Gasteiger partial charge on any atom is 0.234 e. The van der Waals surface area contributed by atoms with Gasteiger partial charge in [-0.2, -0.15) is 0 Å². The number of para-hydroxylation sites is 1. The number of anilines is 1. The van der Waals surface area contributed by atoms with E-state index < -0.39 is 0 Å². The van der Waals surface area contributed by atoms with Gasteiger partial charge in [0.15, 0.2) is 0 Å². The predicted molar refractivity (Wildman–Crippen MR) is 139 cm³/mol. The summed E-state index contributed by atoms with van der Waals surface area (Å²) < 4.78 is 16.0. The number of amides is 1. The van der Waals surface area contributed by atoms with E-state index >= 15 is 0 Å². The van der Waals surface area contributed by atoms with Gasteiger partial charge in [-0.15, -0.1) is 21.5 Å². The molecule has 2 heterocycles. The molecular formula is C25H24N4O4S2. The Labute approximate surface area is 211 Å². The van der Waals surface area contributed by atoms with Crippen LogP contribution in [0.25, 0.3) is 21.1 Å². The number of thiazole rings is 1.